The minimum atomic E-state index is 0.617. The third-order valence-electron chi connectivity index (χ3n) is 3.23. The van der Waals surface area contributed by atoms with Crippen LogP contribution < -0.4 is 10.5 Å². The first kappa shape index (κ1) is 13.2. The van der Waals surface area contributed by atoms with Crippen molar-refractivity contribution >= 4 is 5.69 Å². The minimum Gasteiger partial charge on any atom is -0.496 e. The van der Waals surface area contributed by atoms with Crippen molar-refractivity contribution in [1.82, 2.24) is 14.8 Å². The van der Waals surface area contributed by atoms with Crippen LogP contribution in [0.2, 0.25) is 0 Å². The summed E-state index contributed by atoms with van der Waals surface area (Å²) < 4.78 is 7.14. The first-order chi connectivity index (χ1) is 10.3. The van der Waals surface area contributed by atoms with Gasteiger partial charge in [0.1, 0.15) is 12.1 Å². The lowest BCUT2D eigenvalue weighted by Gasteiger charge is -2.07. The van der Waals surface area contributed by atoms with Crippen LogP contribution >= 0.6 is 0 Å². The highest BCUT2D eigenvalue weighted by Crippen LogP contribution is 2.19. The SMILES string of the molecule is COc1ccccc1Cn1cnc(-c2ccc(N)cc2)n1. The Bertz CT molecular complexity index is 734. The Morgan fingerprint density at radius 1 is 1.10 bits per heavy atom. The van der Waals surface area contributed by atoms with Gasteiger partial charge in [-0.25, -0.2) is 9.67 Å². The predicted molar refractivity (Wildman–Crippen MR) is 82.0 cm³/mol. The zero-order valence-corrected chi connectivity index (χ0v) is 11.7. The van der Waals surface area contributed by atoms with Gasteiger partial charge in [-0.15, -0.1) is 0 Å². The van der Waals surface area contributed by atoms with E-state index in [-0.39, 0.29) is 0 Å². The molecular formula is C16H16N4O. The quantitative estimate of drug-likeness (QED) is 0.746. The van der Waals surface area contributed by atoms with Crippen molar-refractivity contribution in [3.8, 4) is 17.1 Å². The highest BCUT2D eigenvalue weighted by Gasteiger charge is 2.07. The molecule has 0 radical (unpaired) electrons. The van der Waals surface area contributed by atoms with Crippen LogP contribution in [0.5, 0.6) is 5.75 Å². The van der Waals surface area contributed by atoms with Crippen molar-refractivity contribution in [2.45, 2.75) is 6.54 Å². The van der Waals surface area contributed by atoms with Crippen LogP contribution in [-0.4, -0.2) is 21.9 Å². The average Bonchev–Trinajstić information content (AvgIpc) is 2.97. The van der Waals surface area contributed by atoms with Crippen molar-refractivity contribution in [3.63, 3.8) is 0 Å². The highest BCUT2D eigenvalue weighted by molar-refractivity contribution is 5.58. The number of aromatic nitrogens is 3. The van der Waals surface area contributed by atoms with Gasteiger partial charge in [-0.05, 0) is 30.3 Å². The molecular weight excluding hydrogens is 264 g/mol. The molecule has 5 heteroatoms. The van der Waals surface area contributed by atoms with E-state index in [4.69, 9.17) is 10.5 Å². The van der Waals surface area contributed by atoms with Crippen LogP contribution in [0.4, 0.5) is 5.69 Å². The summed E-state index contributed by atoms with van der Waals surface area (Å²) in [5.41, 5.74) is 8.42. The molecule has 1 heterocycles. The number of nitrogen functional groups attached to an aromatic ring is 1. The number of nitrogens with zero attached hydrogens (tertiary/aromatic N) is 3. The lowest BCUT2D eigenvalue weighted by atomic mass is 10.2. The van der Waals surface area contributed by atoms with E-state index in [0.29, 0.717) is 12.4 Å². The average molecular weight is 280 g/mol. The summed E-state index contributed by atoms with van der Waals surface area (Å²) in [4.78, 5) is 4.34. The molecule has 0 atom stereocenters. The van der Waals surface area contributed by atoms with E-state index in [9.17, 15) is 0 Å². The molecule has 0 aliphatic carbocycles. The van der Waals surface area contributed by atoms with Gasteiger partial charge in [-0.2, -0.15) is 5.10 Å². The molecule has 0 spiro atoms. The van der Waals surface area contributed by atoms with Gasteiger partial charge in [-0.3, -0.25) is 0 Å². The van der Waals surface area contributed by atoms with Gasteiger partial charge >= 0.3 is 0 Å². The molecule has 0 fully saturated rings. The number of ether oxygens (including phenoxy) is 1. The second-order valence-corrected chi connectivity index (χ2v) is 4.70. The monoisotopic (exact) mass is 280 g/mol. The van der Waals surface area contributed by atoms with Crippen molar-refractivity contribution in [2.24, 2.45) is 0 Å². The second-order valence-electron chi connectivity index (χ2n) is 4.70. The minimum absolute atomic E-state index is 0.617. The molecule has 0 aliphatic rings. The maximum atomic E-state index is 5.68. The number of nitrogens with two attached hydrogens (primary N) is 1. The number of anilines is 1. The number of methoxy groups -OCH3 is 1. The molecule has 0 unspecified atom stereocenters. The van der Waals surface area contributed by atoms with Crippen LogP contribution in [0.1, 0.15) is 5.56 Å². The van der Waals surface area contributed by atoms with Gasteiger partial charge < -0.3 is 10.5 Å². The third kappa shape index (κ3) is 2.86. The number of para-hydroxylation sites is 1. The number of benzene rings is 2. The molecule has 0 aliphatic heterocycles. The summed E-state index contributed by atoms with van der Waals surface area (Å²) in [5.74, 6) is 1.53. The van der Waals surface area contributed by atoms with Gasteiger partial charge in [0.05, 0.1) is 13.7 Å². The largest absolute Gasteiger partial charge is 0.496 e. The summed E-state index contributed by atoms with van der Waals surface area (Å²) in [6, 6.07) is 15.4. The number of rotatable bonds is 4. The topological polar surface area (TPSA) is 66.0 Å². The van der Waals surface area contributed by atoms with Gasteiger partial charge in [0.25, 0.3) is 0 Å². The van der Waals surface area contributed by atoms with E-state index in [2.05, 4.69) is 10.1 Å². The zero-order valence-electron chi connectivity index (χ0n) is 11.7. The van der Waals surface area contributed by atoms with E-state index in [0.717, 1.165) is 22.6 Å². The van der Waals surface area contributed by atoms with Crippen LogP contribution in [0.3, 0.4) is 0 Å². The van der Waals surface area contributed by atoms with E-state index in [1.54, 1.807) is 18.1 Å². The first-order valence-electron chi connectivity index (χ1n) is 6.63. The Hall–Kier alpha value is -2.82. The molecule has 106 valence electrons. The van der Waals surface area contributed by atoms with Crippen LogP contribution in [0.15, 0.2) is 54.9 Å². The lowest BCUT2D eigenvalue weighted by molar-refractivity contribution is 0.407. The van der Waals surface area contributed by atoms with Crippen LogP contribution in [0, 0.1) is 0 Å². The maximum Gasteiger partial charge on any atom is 0.181 e. The number of hydrogen-bond acceptors (Lipinski definition) is 4. The molecule has 5 nitrogen and oxygen atoms in total. The summed E-state index contributed by atoms with van der Waals surface area (Å²) in [6.45, 7) is 0.617. The molecule has 0 bridgehead atoms. The Morgan fingerprint density at radius 3 is 2.62 bits per heavy atom. The van der Waals surface area contributed by atoms with E-state index < -0.39 is 0 Å². The van der Waals surface area contributed by atoms with Crippen LogP contribution in [-0.2, 0) is 6.54 Å². The Balaban J connectivity index is 1.83. The molecule has 3 aromatic rings. The van der Waals surface area contributed by atoms with Gasteiger partial charge in [-0.1, -0.05) is 18.2 Å². The van der Waals surface area contributed by atoms with Crippen molar-refractivity contribution in [3.05, 3.63) is 60.4 Å². The molecule has 2 aromatic carbocycles. The molecule has 1 aromatic heterocycles. The molecule has 0 saturated carbocycles. The van der Waals surface area contributed by atoms with Crippen molar-refractivity contribution < 1.29 is 4.74 Å². The zero-order chi connectivity index (χ0) is 14.7. The highest BCUT2D eigenvalue weighted by atomic mass is 16.5. The van der Waals surface area contributed by atoms with Crippen LogP contribution in [0.25, 0.3) is 11.4 Å². The molecule has 0 saturated heterocycles. The molecule has 21 heavy (non-hydrogen) atoms. The Kier molecular flexibility index (Phi) is 3.55. The predicted octanol–water partition coefficient (Wildman–Crippen LogP) is 2.58. The standard InChI is InChI=1S/C16H16N4O/c1-21-15-5-3-2-4-13(15)10-20-11-18-16(19-20)12-6-8-14(17)9-7-12/h2-9,11H,10,17H2,1H3. The Labute approximate surface area is 123 Å². The normalized spacial score (nSPS) is 10.5. The summed E-state index contributed by atoms with van der Waals surface area (Å²) in [6.07, 6.45) is 1.72. The third-order valence-corrected chi connectivity index (χ3v) is 3.23. The summed E-state index contributed by atoms with van der Waals surface area (Å²) in [5, 5.41) is 4.49. The first-order valence-corrected chi connectivity index (χ1v) is 6.63. The fourth-order valence-electron chi connectivity index (χ4n) is 2.14. The molecule has 0 amide bonds. The van der Waals surface area contributed by atoms with Gasteiger partial charge in [0.15, 0.2) is 5.82 Å². The summed E-state index contributed by atoms with van der Waals surface area (Å²) in [7, 11) is 1.67. The molecule has 3 rings (SSSR count). The number of hydrogen-bond donors (Lipinski definition) is 1. The van der Waals surface area contributed by atoms with Crippen molar-refractivity contribution in [2.75, 3.05) is 12.8 Å². The van der Waals surface area contributed by atoms with Crippen molar-refractivity contribution in [1.29, 1.82) is 0 Å². The Morgan fingerprint density at radius 2 is 1.86 bits per heavy atom. The second kappa shape index (κ2) is 5.66. The lowest BCUT2D eigenvalue weighted by Crippen LogP contribution is -2.02. The van der Waals surface area contributed by atoms with Gasteiger partial charge in [0.2, 0.25) is 0 Å². The van der Waals surface area contributed by atoms with E-state index in [1.165, 1.54) is 0 Å². The fourth-order valence-corrected chi connectivity index (χ4v) is 2.14. The fraction of sp³-hybridized carbons (Fsp3) is 0.125. The maximum absolute atomic E-state index is 5.68. The molecule has 2 N–H and O–H groups in total. The smallest absolute Gasteiger partial charge is 0.181 e. The summed E-state index contributed by atoms with van der Waals surface area (Å²) >= 11 is 0. The van der Waals surface area contributed by atoms with Gasteiger partial charge in [0, 0.05) is 16.8 Å². The van der Waals surface area contributed by atoms with E-state index in [1.807, 2.05) is 48.5 Å². The van der Waals surface area contributed by atoms with E-state index >= 15 is 0 Å².